The van der Waals surface area contributed by atoms with Gasteiger partial charge in [0, 0.05) is 11.7 Å². The number of carbonyl (C=O) groups excluding carboxylic acids is 2. The summed E-state index contributed by atoms with van der Waals surface area (Å²) in [7, 11) is 0. The minimum absolute atomic E-state index is 0.0734. The molecule has 1 atom stereocenters. The first kappa shape index (κ1) is 17.3. The molecule has 1 aromatic rings. The Kier molecular flexibility index (Phi) is 5.26. The first-order chi connectivity index (χ1) is 12.0. The second kappa shape index (κ2) is 7.59. The van der Waals surface area contributed by atoms with Crippen molar-refractivity contribution in [2.45, 2.75) is 51.6 Å². The van der Waals surface area contributed by atoms with Crippen molar-refractivity contribution in [3.63, 3.8) is 0 Å². The lowest BCUT2D eigenvalue weighted by Crippen LogP contribution is -2.30. The predicted octanol–water partition coefficient (Wildman–Crippen LogP) is 3.23. The molecular weight excluding hydrogens is 318 g/mol. The molecule has 6 heteroatoms. The topological polar surface area (TPSA) is 79.5 Å². The Balaban J connectivity index is 1.55. The maximum Gasteiger partial charge on any atom is 0.319 e. The van der Waals surface area contributed by atoms with Gasteiger partial charge < -0.3 is 20.7 Å². The Morgan fingerprint density at radius 2 is 1.92 bits per heavy atom. The van der Waals surface area contributed by atoms with Gasteiger partial charge in [-0.15, -0.1) is 0 Å². The number of carbonyl (C=O) groups is 2. The van der Waals surface area contributed by atoms with Gasteiger partial charge in [0.05, 0.1) is 18.2 Å². The van der Waals surface area contributed by atoms with E-state index in [-0.39, 0.29) is 18.0 Å². The van der Waals surface area contributed by atoms with E-state index in [9.17, 15) is 9.59 Å². The number of hydrogen-bond acceptors (Lipinski definition) is 3. The van der Waals surface area contributed by atoms with Crippen LogP contribution in [-0.2, 0) is 9.53 Å². The highest BCUT2D eigenvalue weighted by Gasteiger charge is 2.23. The van der Waals surface area contributed by atoms with Crippen molar-refractivity contribution < 1.29 is 14.3 Å². The van der Waals surface area contributed by atoms with Crippen LogP contribution in [0.3, 0.4) is 0 Å². The van der Waals surface area contributed by atoms with Crippen molar-refractivity contribution >= 4 is 17.6 Å². The van der Waals surface area contributed by atoms with Gasteiger partial charge in [-0.25, -0.2) is 4.79 Å². The number of urea groups is 1. The molecule has 0 saturated heterocycles. The highest BCUT2D eigenvalue weighted by molar-refractivity contribution is 5.94. The lowest BCUT2D eigenvalue weighted by atomic mass is 10.0. The molecule has 2 aliphatic rings. The average molecular weight is 343 g/mol. The molecule has 3 rings (SSSR count). The monoisotopic (exact) mass is 343 g/mol. The molecule has 6 nitrogen and oxygen atoms in total. The third kappa shape index (κ3) is 4.75. The molecule has 1 aliphatic carbocycles. The van der Waals surface area contributed by atoms with Crippen LogP contribution < -0.4 is 16.0 Å². The molecule has 1 saturated carbocycles. The smallest absolute Gasteiger partial charge is 0.319 e. The summed E-state index contributed by atoms with van der Waals surface area (Å²) in [5.41, 5.74) is 2.45. The van der Waals surface area contributed by atoms with Crippen LogP contribution in [0.2, 0.25) is 0 Å². The van der Waals surface area contributed by atoms with Crippen molar-refractivity contribution in [1.29, 1.82) is 0 Å². The standard InChI is InChI=1S/C19H25N3O3/c1-12(20-18(23)17-4-3-11-25-13(17)2)14-5-7-15(8-6-14)21-19(24)22-16-9-10-16/h5-8,12,16H,3-4,9-11H2,1-2H3,(H,20,23)(H2,21,22,24)/t12-/m0/s1. The maximum atomic E-state index is 12.4. The van der Waals surface area contributed by atoms with Crippen molar-refractivity contribution in [3.8, 4) is 0 Å². The number of allylic oxidation sites excluding steroid dienone is 1. The number of anilines is 1. The van der Waals surface area contributed by atoms with E-state index in [1.807, 2.05) is 38.1 Å². The third-order valence-electron chi connectivity index (χ3n) is 4.52. The fourth-order valence-corrected chi connectivity index (χ4v) is 2.81. The van der Waals surface area contributed by atoms with Crippen molar-refractivity contribution in [2.24, 2.45) is 0 Å². The van der Waals surface area contributed by atoms with Gasteiger partial charge in [0.15, 0.2) is 0 Å². The van der Waals surface area contributed by atoms with E-state index in [2.05, 4.69) is 16.0 Å². The Morgan fingerprint density at radius 1 is 1.20 bits per heavy atom. The fourth-order valence-electron chi connectivity index (χ4n) is 2.81. The van der Waals surface area contributed by atoms with E-state index in [0.29, 0.717) is 12.6 Å². The largest absolute Gasteiger partial charge is 0.498 e. The van der Waals surface area contributed by atoms with E-state index >= 15 is 0 Å². The lowest BCUT2D eigenvalue weighted by Gasteiger charge is -2.21. The molecule has 1 heterocycles. The van der Waals surface area contributed by atoms with Gasteiger partial charge in [-0.2, -0.15) is 0 Å². The van der Waals surface area contributed by atoms with E-state index in [1.54, 1.807) is 0 Å². The summed E-state index contributed by atoms with van der Waals surface area (Å²) < 4.78 is 5.46. The summed E-state index contributed by atoms with van der Waals surface area (Å²) in [4.78, 5) is 24.1. The Bertz CT molecular complexity index is 678. The third-order valence-corrected chi connectivity index (χ3v) is 4.52. The van der Waals surface area contributed by atoms with Crippen molar-refractivity contribution in [2.75, 3.05) is 11.9 Å². The van der Waals surface area contributed by atoms with Crippen LogP contribution in [0.5, 0.6) is 0 Å². The summed E-state index contributed by atoms with van der Waals surface area (Å²) in [5, 5.41) is 8.71. The van der Waals surface area contributed by atoms with E-state index in [4.69, 9.17) is 4.74 Å². The molecule has 0 radical (unpaired) electrons. The number of benzene rings is 1. The van der Waals surface area contributed by atoms with Gasteiger partial charge in [-0.3, -0.25) is 4.79 Å². The van der Waals surface area contributed by atoms with E-state index in [1.165, 1.54) is 0 Å². The molecule has 134 valence electrons. The lowest BCUT2D eigenvalue weighted by molar-refractivity contribution is -0.118. The van der Waals surface area contributed by atoms with Gasteiger partial charge in [0.25, 0.3) is 5.91 Å². The van der Waals surface area contributed by atoms with Crippen molar-refractivity contribution in [3.05, 3.63) is 41.2 Å². The molecule has 1 aliphatic heterocycles. The second-order valence-electron chi connectivity index (χ2n) is 6.68. The second-order valence-corrected chi connectivity index (χ2v) is 6.68. The zero-order chi connectivity index (χ0) is 17.8. The molecule has 1 fully saturated rings. The highest BCUT2D eigenvalue weighted by atomic mass is 16.5. The van der Waals surface area contributed by atoms with E-state index < -0.39 is 0 Å². The zero-order valence-corrected chi connectivity index (χ0v) is 14.7. The molecule has 3 N–H and O–H groups in total. The van der Waals surface area contributed by atoms with Gasteiger partial charge in [-0.1, -0.05) is 12.1 Å². The van der Waals surface area contributed by atoms with Crippen LogP contribution in [0.1, 0.15) is 51.1 Å². The molecule has 3 amide bonds. The Labute approximate surface area is 148 Å². The normalized spacial score (nSPS) is 18.2. The number of amides is 3. The molecular formula is C19H25N3O3. The number of ether oxygens (including phenoxy) is 1. The maximum absolute atomic E-state index is 12.4. The van der Waals surface area contributed by atoms with Crippen LogP contribution in [-0.4, -0.2) is 24.6 Å². The van der Waals surface area contributed by atoms with Gasteiger partial charge in [-0.05, 0) is 57.2 Å². The Hall–Kier alpha value is -2.50. The molecule has 0 bridgehead atoms. The summed E-state index contributed by atoms with van der Waals surface area (Å²) in [6, 6.07) is 7.56. The Morgan fingerprint density at radius 3 is 2.56 bits per heavy atom. The predicted molar refractivity (Wildman–Crippen MR) is 96.1 cm³/mol. The molecule has 0 unspecified atom stereocenters. The van der Waals surface area contributed by atoms with Gasteiger partial charge in [0.1, 0.15) is 5.76 Å². The molecule has 0 spiro atoms. The number of hydrogen-bond donors (Lipinski definition) is 3. The number of rotatable bonds is 5. The molecule has 0 aromatic heterocycles. The summed E-state index contributed by atoms with van der Waals surface area (Å²) in [6.07, 6.45) is 3.75. The van der Waals surface area contributed by atoms with Crippen LogP contribution in [0, 0.1) is 0 Å². The van der Waals surface area contributed by atoms with Crippen LogP contribution in [0.25, 0.3) is 0 Å². The molecule has 1 aromatic carbocycles. The minimum atomic E-state index is -0.170. The van der Waals surface area contributed by atoms with Gasteiger partial charge in [0.2, 0.25) is 0 Å². The minimum Gasteiger partial charge on any atom is -0.498 e. The summed E-state index contributed by atoms with van der Waals surface area (Å²) in [6.45, 7) is 4.46. The fraction of sp³-hybridized carbons (Fsp3) is 0.474. The zero-order valence-electron chi connectivity index (χ0n) is 14.7. The summed E-state index contributed by atoms with van der Waals surface area (Å²) in [5.74, 6) is 0.646. The van der Waals surface area contributed by atoms with Crippen molar-refractivity contribution in [1.82, 2.24) is 10.6 Å². The first-order valence-electron chi connectivity index (χ1n) is 8.84. The number of nitrogens with one attached hydrogen (secondary N) is 3. The van der Waals surface area contributed by atoms with Crippen LogP contribution in [0.4, 0.5) is 10.5 Å². The first-order valence-corrected chi connectivity index (χ1v) is 8.84. The SMILES string of the molecule is CC1=C(C(=O)N[C@@H](C)c2ccc(NC(=O)NC3CC3)cc2)CCCO1. The van der Waals surface area contributed by atoms with E-state index in [0.717, 1.165) is 48.3 Å². The molecule has 25 heavy (non-hydrogen) atoms. The quantitative estimate of drug-likeness (QED) is 0.768. The highest BCUT2D eigenvalue weighted by Crippen LogP contribution is 2.22. The summed E-state index contributed by atoms with van der Waals surface area (Å²) >= 11 is 0. The average Bonchev–Trinajstić information content (AvgIpc) is 3.39. The van der Waals surface area contributed by atoms with Gasteiger partial charge >= 0.3 is 6.03 Å². The van der Waals surface area contributed by atoms with Crippen LogP contribution >= 0.6 is 0 Å². The van der Waals surface area contributed by atoms with Crippen LogP contribution in [0.15, 0.2) is 35.6 Å².